The predicted molar refractivity (Wildman–Crippen MR) is 76.4 cm³/mol. The molecule has 0 amide bonds. The van der Waals surface area contributed by atoms with Gasteiger partial charge in [0.15, 0.2) is 5.16 Å². The van der Waals surface area contributed by atoms with Crippen LogP contribution in [-0.2, 0) is 17.8 Å². The van der Waals surface area contributed by atoms with Crippen LogP contribution < -0.4 is 0 Å². The fourth-order valence-electron chi connectivity index (χ4n) is 1.95. The molecule has 0 bridgehead atoms. The van der Waals surface area contributed by atoms with Gasteiger partial charge in [0.2, 0.25) is 0 Å². The second-order valence-electron chi connectivity index (χ2n) is 4.62. The van der Waals surface area contributed by atoms with Crippen LogP contribution in [0.1, 0.15) is 45.9 Å². The molecular weight excluding hydrogens is 262 g/mol. The molecule has 1 aromatic heterocycles. The number of carboxylic acids is 1. The summed E-state index contributed by atoms with van der Waals surface area (Å²) in [4.78, 5) is 10.7. The lowest BCUT2D eigenvalue weighted by atomic mass is 10.0. The maximum absolute atomic E-state index is 10.7. The lowest BCUT2D eigenvalue weighted by molar-refractivity contribution is -0.133. The van der Waals surface area contributed by atoms with Gasteiger partial charge < -0.3 is 9.67 Å². The van der Waals surface area contributed by atoms with Crippen molar-refractivity contribution in [3.05, 3.63) is 5.82 Å². The van der Waals surface area contributed by atoms with Gasteiger partial charge in [0, 0.05) is 13.0 Å². The summed E-state index contributed by atoms with van der Waals surface area (Å²) >= 11 is 1.25. The highest BCUT2D eigenvalue weighted by Crippen LogP contribution is 2.21. The minimum absolute atomic E-state index is 0.0349. The van der Waals surface area contributed by atoms with E-state index < -0.39 is 5.97 Å². The van der Waals surface area contributed by atoms with E-state index in [0.29, 0.717) is 5.92 Å². The third-order valence-corrected chi connectivity index (χ3v) is 4.14. The normalized spacial score (nSPS) is 11.2. The molecule has 0 aromatic carbocycles. The molecule has 0 saturated heterocycles. The smallest absolute Gasteiger partial charge is 0.313 e. The number of aryl methyl sites for hydroxylation is 1. The molecule has 1 rings (SSSR count). The Balaban J connectivity index is 2.87. The topological polar surface area (TPSA) is 68.0 Å². The Morgan fingerprint density at radius 1 is 1.32 bits per heavy atom. The third-order valence-electron chi connectivity index (χ3n) is 3.19. The van der Waals surface area contributed by atoms with Crippen molar-refractivity contribution >= 4 is 17.7 Å². The molecule has 1 N–H and O–H groups in total. The van der Waals surface area contributed by atoms with Crippen molar-refractivity contribution in [2.45, 2.75) is 58.2 Å². The van der Waals surface area contributed by atoms with Crippen molar-refractivity contribution < 1.29 is 9.90 Å². The first-order chi connectivity index (χ1) is 9.12. The summed E-state index contributed by atoms with van der Waals surface area (Å²) in [6.07, 6.45) is 4.14. The van der Waals surface area contributed by atoms with E-state index in [9.17, 15) is 4.79 Å². The van der Waals surface area contributed by atoms with Gasteiger partial charge in [-0.05, 0) is 12.3 Å². The number of nitrogens with zero attached hydrogens (tertiary/aromatic N) is 3. The highest BCUT2D eigenvalue weighted by Gasteiger charge is 2.16. The second kappa shape index (κ2) is 8.19. The van der Waals surface area contributed by atoms with Crippen molar-refractivity contribution in [1.82, 2.24) is 14.8 Å². The van der Waals surface area contributed by atoms with Crippen molar-refractivity contribution in [1.29, 1.82) is 0 Å². The van der Waals surface area contributed by atoms with Crippen molar-refractivity contribution in [2.24, 2.45) is 5.92 Å². The number of carbonyl (C=O) groups is 1. The van der Waals surface area contributed by atoms with Crippen LogP contribution >= 0.6 is 11.8 Å². The zero-order valence-electron chi connectivity index (χ0n) is 11.9. The molecule has 0 aliphatic carbocycles. The Bertz CT molecular complexity index is 403. The fourth-order valence-corrected chi connectivity index (χ4v) is 2.64. The maximum Gasteiger partial charge on any atom is 0.313 e. The van der Waals surface area contributed by atoms with E-state index in [0.717, 1.165) is 43.2 Å². The molecule has 0 unspecified atom stereocenters. The Kier molecular flexibility index (Phi) is 6.91. The Hall–Kier alpha value is -1.04. The summed E-state index contributed by atoms with van der Waals surface area (Å²) in [5, 5.41) is 17.9. The largest absolute Gasteiger partial charge is 0.481 e. The number of hydrogen-bond acceptors (Lipinski definition) is 4. The van der Waals surface area contributed by atoms with E-state index in [1.165, 1.54) is 11.8 Å². The molecule has 0 aliphatic heterocycles. The SMILES string of the molecule is CCCc1nnc(SCC(=O)O)n1CC(CC)CC. The maximum atomic E-state index is 10.7. The highest BCUT2D eigenvalue weighted by molar-refractivity contribution is 7.99. The summed E-state index contributed by atoms with van der Waals surface area (Å²) in [5.41, 5.74) is 0. The third kappa shape index (κ3) is 4.86. The van der Waals surface area contributed by atoms with Crippen molar-refractivity contribution in [3.8, 4) is 0 Å². The molecule has 0 saturated carbocycles. The average molecular weight is 285 g/mol. The number of aromatic nitrogens is 3. The monoisotopic (exact) mass is 285 g/mol. The molecule has 1 heterocycles. The van der Waals surface area contributed by atoms with Gasteiger partial charge in [-0.3, -0.25) is 4.79 Å². The Morgan fingerprint density at radius 2 is 2.00 bits per heavy atom. The number of aliphatic carboxylic acids is 1. The number of hydrogen-bond donors (Lipinski definition) is 1. The molecule has 0 radical (unpaired) electrons. The molecule has 1 aromatic rings. The van der Waals surface area contributed by atoms with Crippen molar-refractivity contribution in [2.75, 3.05) is 5.75 Å². The van der Waals surface area contributed by atoms with Gasteiger partial charge in [-0.2, -0.15) is 0 Å². The van der Waals surface area contributed by atoms with Gasteiger partial charge in [-0.1, -0.05) is 45.4 Å². The van der Waals surface area contributed by atoms with Gasteiger partial charge in [0.25, 0.3) is 0 Å². The molecule has 5 nitrogen and oxygen atoms in total. The summed E-state index contributed by atoms with van der Waals surface area (Å²) in [6.45, 7) is 7.36. The molecule has 0 spiro atoms. The second-order valence-corrected chi connectivity index (χ2v) is 5.57. The molecule has 0 fully saturated rings. The highest BCUT2D eigenvalue weighted by atomic mass is 32.2. The first-order valence-corrected chi connectivity index (χ1v) is 7.87. The van der Waals surface area contributed by atoms with Crippen LogP contribution in [-0.4, -0.2) is 31.6 Å². The van der Waals surface area contributed by atoms with Crippen LogP contribution in [0.25, 0.3) is 0 Å². The number of carboxylic acid groups (broad SMARTS) is 1. The van der Waals surface area contributed by atoms with Gasteiger partial charge in [0.1, 0.15) is 5.82 Å². The van der Waals surface area contributed by atoms with E-state index in [1.54, 1.807) is 0 Å². The zero-order valence-corrected chi connectivity index (χ0v) is 12.7. The van der Waals surface area contributed by atoms with Crippen LogP contribution in [0, 0.1) is 5.92 Å². The zero-order chi connectivity index (χ0) is 14.3. The minimum Gasteiger partial charge on any atom is -0.481 e. The first-order valence-electron chi connectivity index (χ1n) is 6.88. The van der Waals surface area contributed by atoms with Crippen LogP contribution in [0.4, 0.5) is 0 Å². The van der Waals surface area contributed by atoms with Crippen LogP contribution in [0.2, 0.25) is 0 Å². The molecule has 0 atom stereocenters. The molecule has 108 valence electrons. The van der Waals surface area contributed by atoms with Gasteiger partial charge in [0.05, 0.1) is 5.75 Å². The van der Waals surface area contributed by atoms with E-state index in [4.69, 9.17) is 5.11 Å². The van der Waals surface area contributed by atoms with Crippen LogP contribution in [0.5, 0.6) is 0 Å². The minimum atomic E-state index is -0.820. The first kappa shape index (κ1) is 16.0. The lowest BCUT2D eigenvalue weighted by Crippen LogP contribution is -2.13. The van der Waals surface area contributed by atoms with Crippen molar-refractivity contribution in [3.63, 3.8) is 0 Å². The fraction of sp³-hybridized carbons (Fsp3) is 0.769. The summed E-state index contributed by atoms with van der Waals surface area (Å²) < 4.78 is 2.11. The summed E-state index contributed by atoms with van der Waals surface area (Å²) in [5.74, 6) is 0.782. The molecular formula is C13H23N3O2S. The standard InChI is InChI=1S/C13H23N3O2S/c1-4-7-11-14-15-13(19-9-12(17)18)16(11)8-10(5-2)6-3/h10H,4-9H2,1-3H3,(H,17,18). The predicted octanol–water partition coefficient (Wildman–Crippen LogP) is 2.84. The lowest BCUT2D eigenvalue weighted by Gasteiger charge is -2.16. The quantitative estimate of drug-likeness (QED) is 0.707. The molecule has 19 heavy (non-hydrogen) atoms. The number of rotatable bonds is 9. The van der Waals surface area contributed by atoms with E-state index in [-0.39, 0.29) is 5.75 Å². The van der Waals surface area contributed by atoms with Crippen LogP contribution in [0.3, 0.4) is 0 Å². The van der Waals surface area contributed by atoms with Gasteiger partial charge in [-0.25, -0.2) is 0 Å². The van der Waals surface area contributed by atoms with Crippen LogP contribution in [0.15, 0.2) is 5.16 Å². The Morgan fingerprint density at radius 3 is 2.53 bits per heavy atom. The Labute approximate surface area is 118 Å². The van der Waals surface area contributed by atoms with E-state index >= 15 is 0 Å². The number of thioether (sulfide) groups is 1. The van der Waals surface area contributed by atoms with Gasteiger partial charge in [-0.15, -0.1) is 10.2 Å². The van der Waals surface area contributed by atoms with E-state index in [1.807, 2.05) is 0 Å². The van der Waals surface area contributed by atoms with Gasteiger partial charge >= 0.3 is 5.97 Å². The molecule has 6 heteroatoms. The molecule has 0 aliphatic rings. The summed E-state index contributed by atoms with van der Waals surface area (Å²) in [6, 6.07) is 0. The summed E-state index contributed by atoms with van der Waals surface area (Å²) in [7, 11) is 0. The average Bonchev–Trinajstić information content (AvgIpc) is 2.76. The van der Waals surface area contributed by atoms with E-state index in [2.05, 4.69) is 35.5 Å².